The Morgan fingerprint density at radius 2 is 1.90 bits per heavy atom. The molecule has 0 unspecified atom stereocenters. The summed E-state index contributed by atoms with van der Waals surface area (Å²) in [5.74, 6) is 0.743. The Bertz CT molecular complexity index is 1390. The van der Waals surface area contributed by atoms with Gasteiger partial charge in [0.2, 0.25) is 11.7 Å². The SMILES string of the molecule is O=c1c2nnn(Cc3ccccc3)c2ncn1Cc1nc(-c2cccc(Br)c2)no1. The number of rotatable bonds is 5. The predicted molar refractivity (Wildman–Crippen MR) is 112 cm³/mol. The maximum Gasteiger partial charge on any atom is 0.283 e. The van der Waals surface area contributed by atoms with Crippen molar-refractivity contribution in [3.8, 4) is 11.4 Å². The summed E-state index contributed by atoms with van der Waals surface area (Å²) >= 11 is 3.42. The summed E-state index contributed by atoms with van der Waals surface area (Å²) in [6, 6.07) is 17.4. The number of hydrogen-bond donors (Lipinski definition) is 0. The molecule has 5 rings (SSSR count). The number of benzene rings is 2. The number of hydrogen-bond acceptors (Lipinski definition) is 7. The first kappa shape index (κ1) is 18.4. The first-order valence-electron chi connectivity index (χ1n) is 9.08. The van der Waals surface area contributed by atoms with Crippen molar-refractivity contribution in [3.63, 3.8) is 0 Å². The number of fused-ring (bicyclic) bond motifs is 1. The van der Waals surface area contributed by atoms with Gasteiger partial charge in [-0.2, -0.15) is 4.98 Å². The van der Waals surface area contributed by atoms with Crippen LogP contribution in [0.4, 0.5) is 0 Å². The van der Waals surface area contributed by atoms with Crippen molar-refractivity contribution < 1.29 is 4.52 Å². The Hall–Kier alpha value is -3.66. The van der Waals surface area contributed by atoms with Crippen molar-refractivity contribution in [1.82, 2.24) is 34.7 Å². The van der Waals surface area contributed by atoms with E-state index in [0.29, 0.717) is 23.9 Å². The first-order valence-corrected chi connectivity index (χ1v) is 9.88. The molecule has 0 fully saturated rings. The van der Waals surface area contributed by atoms with E-state index in [1.807, 2.05) is 54.6 Å². The molecule has 0 aliphatic heterocycles. The molecular formula is C20H14BrN7O2. The van der Waals surface area contributed by atoms with Gasteiger partial charge in [0.15, 0.2) is 11.2 Å². The molecule has 3 heterocycles. The summed E-state index contributed by atoms with van der Waals surface area (Å²) < 4.78 is 9.20. The number of nitrogens with zero attached hydrogens (tertiary/aromatic N) is 7. The van der Waals surface area contributed by atoms with Crippen LogP contribution in [0.5, 0.6) is 0 Å². The summed E-state index contributed by atoms with van der Waals surface area (Å²) in [5, 5.41) is 12.1. The molecule has 0 aliphatic carbocycles. The fourth-order valence-corrected chi connectivity index (χ4v) is 3.47. The molecule has 9 nitrogen and oxygen atoms in total. The van der Waals surface area contributed by atoms with Gasteiger partial charge in [-0.15, -0.1) is 5.10 Å². The third kappa shape index (κ3) is 3.52. The highest BCUT2D eigenvalue weighted by Gasteiger charge is 2.15. The van der Waals surface area contributed by atoms with Crippen LogP contribution in [0, 0.1) is 0 Å². The fraction of sp³-hybridized carbons (Fsp3) is 0.100. The van der Waals surface area contributed by atoms with Gasteiger partial charge in [-0.25, -0.2) is 9.67 Å². The molecule has 5 aromatic rings. The normalized spacial score (nSPS) is 11.2. The molecule has 0 atom stereocenters. The zero-order valence-electron chi connectivity index (χ0n) is 15.5. The highest BCUT2D eigenvalue weighted by atomic mass is 79.9. The summed E-state index contributed by atoms with van der Waals surface area (Å²) in [7, 11) is 0. The van der Waals surface area contributed by atoms with Crippen molar-refractivity contribution in [2.45, 2.75) is 13.1 Å². The van der Waals surface area contributed by atoms with Crippen LogP contribution < -0.4 is 5.56 Å². The van der Waals surface area contributed by atoms with E-state index in [0.717, 1.165) is 15.6 Å². The third-order valence-electron chi connectivity index (χ3n) is 4.52. The molecule has 30 heavy (non-hydrogen) atoms. The molecule has 148 valence electrons. The lowest BCUT2D eigenvalue weighted by Crippen LogP contribution is -2.21. The standard InChI is InChI=1S/C20H14BrN7O2/c21-15-8-4-7-14(9-15)18-23-16(30-25-18)11-27-12-22-19-17(20(27)29)24-26-28(19)10-13-5-2-1-3-6-13/h1-9,12H,10-11H2. The minimum atomic E-state index is -0.318. The van der Waals surface area contributed by atoms with E-state index in [1.54, 1.807) is 4.68 Å². The van der Waals surface area contributed by atoms with Gasteiger partial charge in [0.1, 0.15) is 12.9 Å². The molecule has 0 spiro atoms. The molecule has 0 N–H and O–H groups in total. The lowest BCUT2D eigenvalue weighted by atomic mass is 10.2. The van der Waals surface area contributed by atoms with E-state index in [-0.39, 0.29) is 17.6 Å². The van der Waals surface area contributed by atoms with E-state index >= 15 is 0 Å². The molecule has 2 aromatic carbocycles. The number of aromatic nitrogens is 7. The Kier molecular flexibility index (Phi) is 4.68. The van der Waals surface area contributed by atoms with Gasteiger partial charge >= 0.3 is 0 Å². The maximum atomic E-state index is 12.8. The van der Waals surface area contributed by atoms with Gasteiger partial charge in [-0.1, -0.05) is 68.8 Å². The molecule has 10 heteroatoms. The summed E-state index contributed by atoms with van der Waals surface area (Å²) in [6.45, 7) is 0.571. The Morgan fingerprint density at radius 1 is 1.03 bits per heavy atom. The minimum absolute atomic E-state index is 0.0916. The number of halogens is 1. The molecule has 0 saturated heterocycles. The Labute approximate surface area is 178 Å². The second-order valence-electron chi connectivity index (χ2n) is 6.60. The third-order valence-corrected chi connectivity index (χ3v) is 5.02. The smallest absolute Gasteiger partial charge is 0.283 e. The fourth-order valence-electron chi connectivity index (χ4n) is 3.07. The molecule has 0 bridgehead atoms. The molecule has 0 amide bonds. The van der Waals surface area contributed by atoms with Gasteiger partial charge in [-0.3, -0.25) is 9.36 Å². The van der Waals surface area contributed by atoms with Crippen LogP contribution in [0.15, 0.2) is 74.7 Å². The quantitative estimate of drug-likeness (QED) is 0.394. The van der Waals surface area contributed by atoms with Crippen LogP contribution in [0.25, 0.3) is 22.6 Å². The average molecular weight is 464 g/mol. The first-order chi connectivity index (χ1) is 14.7. The van der Waals surface area contributed by atoms with Gasteiger partial charge in [0.05, 0.1) is 6.54 Å². The van der Waals surface area contributed by atoms with Crippen LogP contribution in [0.2, 0.25) is 0 Å². The average Bonchev–Trinajstić information content (AvgIpc) is 3.39. The zero-order chi connectivity index (χ0) is 20.5. The van der Waals surface area contributed by atoms with Crippen LogP contribution in [-0.2, 0) is 13.1 Å². The second kappa shape index (κ2) is 7.64. The minimum Gasteiger partial charge on any atom is -0.337 e. The topological polar surface area (TPSA) is 105 Å². The highest BCUT2D eigenvalue weighted by Crippen LogP contribution is 2.20. The monoisotopic (exact) mass is 463 g/mol. The second-order valence-corrected chi connectivity index (χ2v) is 7.52. The predicted octanol–water partition coefficient (Wildman–Crippen LogP) is 2.90. The maximum absolute atomic E-state index is 12.8. The Morgan fingerprint density at radius 3 is 2.73 bits per heavy atom. The van der Waals surface area contributed by atoms with Gasteiger partial charge < -0.3 is 4.52 Å². The van der Waals surface area contributed by atoms with Crippen molar-refractivity contribution in [3.05, 3.63) is 87.2 Å². The summed E-state index contributed by atoms with van der Waals surface area (Å²) in [4.78, 5) is 21.6. The van der Waals surface area contributed by atoms with Crippen LogP contribution in [0.3, 0.4) is 0 Å². The van der Waals surface area contributed by atoms with Crippen molar-refractivity contribution >= 4 is 27.1 Å². The lowest BCUT2D eigenvalue weighted by molar-refractivity contribution is 0.369. The highest BCUT2D eigenvalue weighted by molar-refractivity contribution is 9.10. The van der Waals surface area contributed by atoms with Gasteiger partial charge in [0, 0.05) is 10.0 Å². The summed E-state index contributed by atoms with van der Waals surface area (Å²) in [5.41, 5.74) is 2.16. The largest absolute Gasteiger partial charge is 0.337 e. The van der Waals surface area contributed by atoms with Gasteiger partial charge in [0.25, 0.3) is 5.56 Å². The lowest BCUT2D eigenvalue weighted by Gasteiger charge is -2.03. The molecular weight excluding hydrogens is 450 g/mol. The van der Waals surface area contributed by atoms with Crippen LogP contribution >= 0.6 is 15.9 Å². The van der Waals surface area contributed by atoms with Crippen molar-refractivity contribution in [1.29, 1.82) is 0 Å². The van der Waals surface area contributed by atoms with E-state index in [4.69, 9.17) is 4.52 Å². The zero-order valence-corrected chi connectivity index (χ0v) is 17.1. The Balaban J connectivity index is 1.42. The molecule has 0 saturated carbocycles. The van der Waals surface area contributed by atoms with E-state index in [2.05, 4.69) is 41.4 Å². The van der Waals surface area contributed by atoms with Crippen LogP contribution in [-0.4, -0.2) is 34.7 Å². The van der Waals surface area contributed by atoms with E-state index in [1.165, 1.54) is 10.9 Å². The van der Waals surface area contributed by atoms with E-state index in [9.17, 15) is 4.79 Å². The van der Waals surface area contributed by atoms with Gasteiger partial charge in [-0.05, 0) is 17.7 Å². The van der Waals surface area contributed by atoms with Crippen molar-refractivity contribution in [2.75, 3.05) is 0 Å². The molecule has 0 radical (unpaired) electrons. The molecule has 0 aliphatic rings. The summed E-state index contributed by atoms with van der Waals surface area (Å²) in [6.07, 6.45) is 1.44. The van der Waals surface area contributed by atoms with Crippen LogP contribution in [0.1, 0.15) is 11.5 Å². The van der Waals surface area contributed by atoms with E-state index < -0.39 is 0 Å². The van der Waals surface area contributed by atoms with Crippen molar-refractivity contribution in [2.24, 2.45) is 0 Å². The molecule has 3 aromatic heterocycles.